The van der Waals surface area contributed by atoms with Crippen molar-refractivity contribution in [3.63, 3.8) is 0 Å². The van der Waals surface area contributed by atoms with Gasteiger partial charge in [0.05, 0.1) is 24.7 Å². The second kappa shape index (κ2) is 7.76. The minimum Gasteiger partial charge on any atom is -0.497 e. The normalized spacial score (nSPS) is 12.3. The maximum absolute atomic E-state index is 13.5. The van der Waals surface area contributed by atoms with E-state index in [4.69, 9.17) is 9.72 Å². The van der Waals surface area contributed by atoms with Crippen LogP contribution in [-0.4, -0.2) is 22.6 Å². The first-order valence-corrected chi connectivity index (χ1v) is 10.4. The molecule has 2 heterocycles. The zero-order chi connectivity index (χ0) is 21.4. The van der Waals surface area contributed by atoms with E-state index in [1.54, 1.807) is 7.11 Å². The first-order valence-electron chi connectivity index (χ1n) is 10.4. The summed E-state index contributed by atoms with van der Waals surface area (Å²) < 4.78 is 7.38. The molecule has 31 heavy (non-hydrogen) atoms. The number of hydrogen-bond donors (Lipinski definition) is 0. The Morgan fingerprint density at radius 1 is 1.00 bits per heavy atom. The fourth-order valence-corrected chi connectivity index (χ4v) is 4.06. The van der Waals surface area contributed by atoms with Gasteiger partial charge in [0.25, 0.3) is 5.91 Å². The highest BCUT2D eigenvalue weighted by Gasteiger charge is 2.29. The lowest BCUT2D eigenvalue weighted by atomic mass is 10.0. The average molecular weight is 409 g/mol. The molecule has 0 saturated carbocycles. The van der Waals surface area contributed by atoms with E-state index in [2.05, 4.69) is 11.5 Å². The van der Waals surface area contributed by atoms with Crippen molar-refractivity contribution in [2.24, 2.45) is 0 Å². The number of methoxy groups -OCH3 is 1. The van der Waals surface area contributed by atoms with Gasteiger partial charge in [0.1, 0.15) is 18.2 Å². The Balaban J connectivity index is 1.58. The van der Waals surface area contributed by atoms with Crippen molar-refractivity contribution in [1.82, 2.24) is 9.55 Å². The second-order valence-corrected chi connectivity index (χ2v) is 7.57. The van der Waals surface area contributed by atoms with Gasteiger partial charge in [-0.2, -0.15) is 0 Å². The zero-order valence-corrected chi connectivity index (χ0v) is 17.6. The molecule has 0 atom stereocenters. The summed E-state index contributed by atoms with van der Waals surface area (Å²) in [6, 6.07) is 23.7. The smallest absolute Gasteiger partial charge is 0.259 e. The van der Waals surface area contributed by atoms with Crippen LogP contribution < -0.4 is 9.64 Å². The number of benzene rings is 3. The van der Waals surface area contributed by atoms with Crippen molar-refractivity contribution in [3.05, 3.63) is 90.1 Å². The summed E-state index contributed by atoms with van der Waals surface area (Å²) in [6.45, 7) is 2.51. The summed E-state index contributed by atoms with van der Waals surface area (Å²) >= 11 is 0. The molecule has 0 N–H and O–H groups in total. The lowest BCUT2D eigenvalue weighted by molar-refractivity contribution is 0.0979. The van der Waals surface area contributed by atoms with E-state index in [0.717, 1.165) is 40.5 Å². The summed E-state index contributed by atoms with van der Waals surface area (Å²) in [7, 11) is 1.65. The van der Waals surface area contributed by atoms with Gasteiger partial charge in [-0.1, -0.05) is 37.3 Å². The topological polar surface area (TPSA) is 47.4 Å². The van der Waals surface area contributed by atoms with E-state index in [-0.39, 0.29) is 5.91 Å². The highest BCUT2D eigenvalue weighted by Crippen LogP contribution is 2.39. The molecule has 0 aliphatic carbocycles. The van der Waals surface area contributed by atoms with Crippen LogP contribution in [0.1, 0.15) is 22.8 Å². The number of anilines is 1. The van der Waals surface area contributed by atoms with Crippen molar-refractivity contribution in [2.45, 2.75) is 20.0 Å². The van der Waals surface area contributed by atoms with E-state index in [0.29, 0.717) is 12.2 Å². The molecule has 154 valence electrons. The maximum Gasteiger partial charge on any atom is 0.259 e. The Bertz CT molecular complexity index is 1240. The molecular weight excluding hydrogens is 386 g/mol. The molecule has 1 amide bonds. The molecule has 5 nitrogen and oxygen atoms in total. The van der Waals surface area contributed by atoms with Crippen LogP contribution in [0.15, 0.2) is 79.0 Å². The molecule has 0 saturated heterocycles. The van der Waals surface area contributed by atoms with Crippen LogP contribution in [0, 0.1) is 0 Å². The predicted molar refractivity (Wildman–Crippen MR) is 122 cm³/mol. The van der Waals surface area contributed by atoms with Crippen molar-refractivity contribution in [1.29, 1.82) is 0 Å². The minimum atomic E-state index is -0.0184. The van der Waals surface area contributed by atoms with Crippen LogP contribution in [0.25, 0.3) is 22.6 Å². The van der Waals surface area contributed by atoms with Gasteiger partial charge in [-0.15, -0.1) is 0 Å². The van der Waals surface area contributed by atoms with Gasteiger partial charge in [0.15, 0.2) is 0 Å². The Hall–Kier alpha value is -3.86. The number of para-hydroxylation sites is 1. The zero-order valence-electron chi connectivity index (χ0n) is 17.6. The van der Waals surface area contributed by atoms with Crippen molar-refractivity contribution in [2.75, 3.05) is 12.0 Å². The fraction of sp³-hybridized carbons (Fsp3) is 0.154. The number of aryl methyl sites for hydroxylation is 1. The molecular formula is C26H23N3O2. The number of ether oxygens (including phenoxy) is 1. The lowest BCUT2D eigenvalue weighted by Crippen LogP contribution is -2.36. The predicted octanol–water partition coefficient (Wildman–Crippen LogP) is 5.41. The number of carbonyl (C=O) groups is 1. The first-order chi connectivity index (χ1) is 15.2. The minimum absolute atomic E-state index is 0.0184. The van der Waals surface area contributed by atoms with Gasteiger partial charge in [-0.3, -0.25) is 9.69 Å². The first kappa shape index (κ1) is 19.1. The van der Waals surface area contributed by atoms with Gasteiger partial charge < -0.3 is 9.30 Å². The molecule has 3 aromatic carbocycles. The van der Waals surface area contributed by atoms with E-state index in [1.165, 1.54) is 5.56 Å². The largest absolute Gasteiger partial charge is 0.497 e. The molecule has 4 aromatic rings. The van der Waals surface area contributed by atoms with Crippen LogP contribution in [-0.2, 0) is 13.1 Å². The van der Waals surface area contributed by atoms with Gasteiger partial charge in [-0.25, -0.2) is 4.98 Å². The highest BCUT2D eigenvalue weighted by atomic mass is 16.5. The summed E-state index contributed by atoms with van der Waals surface area (Å²) in [4.78, 5) is 20.0. The molecule has 1 aliphatic heterocycles. The molecule has 1 aliphatic rings. The van der Waals surface area contributed by atoms with Crippen LogP contribution in [0.4, 0.5) is 5.69 Å². The Morgan fingerprint density at radius 3 is 2.45 bits per heavy atom. The highest BCUT2D eigenvalue weighted by molar-refractivity contribution is 6.08. The SMILES string of the molecule is CCc1ccc(C(=O)N2Cn3c(cnc3-c3ccc(OC)cc3)-c3ccccc32)cc1. The Labute approximate surface area is 181 Å². The van der Waals surface area contributed by atoms with Crippen LogP contribution in [0.3, 0.4) is 0 Å². The molecule has 1 aromatic heterocycles. The van der Waals surface area contributed by atoms with Crippen LogP contribution >= 0.6 is 0 Å². The number of rotatable bonds is 4. The third-order valence-corrected chi connectivity index (χ3v) is 5.81. The number of imidazole rings is 1. The quantitative estimate of drug-likeness (QED) is 0.453. The molecule has 0 unspecified atom stereocenters. The van der Waals surface area contributed by atoms with Gasteiger partial charge >= 0.3 is 0 Å². The monoisotopic (exact) mass is 409 g/mol. The van der Waals surface area contributed by atoms with Crippen LogP contribution in [0.2, 0.25) is 0 Å². The summed E-state index contributed by atoms with van der Waals surface area (Å²) in [5, 5.41) is 0. The molecule has 0 fully saturated rings. The lowest BCUT2D eigenvalue weighted by Gasteiger charge is -2.31. The summed E-state index contributed by atoms with van der Waals surface area (Å²) in [5.41, 5.74) is 5.79. The molecule has 0 spiro atoms. The van der Waals surface area contributed by atoms with Gasteiger partial charge in [-0.05, 0) is 54.4 Å². The molecule has 5 rings (SSSR count). The second-order valence-electron chi connectivity index (χ2n) is 7.57. The number of nitrogens with zero attached hydrogens (tertiary/aromatic N) is 3. The summed E-state index contributed by atoms with van der Waals surface area (Å²) in [6.07, 6.45) is 2.83. The number of aromatic nitrogens is 2. The third-order valence-electron chi connectivity index (χ3n) is 5.81. The molecule has 0 bridgehead atoms. The van der Waals surface area contributed by atoms with E-state index in [9.17, 15) is 4.79 Å². The van der Waals surface area contributed by atoms with E-state index in [1.807, 2.05) is 83.9 Å². The standard InChI is InChI=1S/C26H23N3O2/c1-3-18-8-10-20(11-9-18)26(30)29-17-28-24(22-6-4-5-7-23(22)29)16-27-25(28)19-12-14-21(31-2)15-13-19/h4-16H,3,17H2,1-2H3. The summed E-state index contributed by atoms with van der Waals surface area (Å²) in [5.74, 6) is 1.60. The van der Waals surface area contributed by atoms with Crippen molar-refractivity contribution < 1.29 is 9.53 Å². The van der Waals surface area contributed by atoms with Crippen molar-refractivity contribution in [3.8, 4) is 28.4 Å². The van der Waals surface area contributed by atoms with E-state index >= 15 is 0 Å². The maximum atomic E-state index is 13.5. The van der Waals surface area contributed by atoms with Crippen LogP contribution in [0.5, 0.6) is 5.75 Å². The van der Waals surface area contributed by atoms with Crippen molar-refractivity contribution >= 4 is 11.6 Å². The Morgan fingerprint density at radius 2 is 1.74 bits per heavy atom. The third kappa shape index (κ3) is 3.28. The number of hydrogen-bond acceptors (Lipinski definition) is 3. The van der Waals surface area contributed by atoms with Gasteiger partial charge in [0.2, 0.25) is 0 Å². The number of carbonyl (C=O) groups excluding carboxylic acids is 1. The van der Waals surface area contributed by atoms with E-state index < -0.39 is 0 Å². The fourth-order valence-electron chi connectivity index (χ4n) is 4.06. The van der Waals surface area contributed by atoms with Gasteiger partial charge in [0, 0.05) is 16.7 Å². The Kier molecular flexibility index (Phi) is 4.79. The molecule has 0 radical (unpaired) electrons. The average Bonchev–Trinajstić information content (AvgIpc) is 3.27. The number of fused-ring (bicyclic) bond motifs is 3. The molecule has 5 heteroatoms. The number of amides is 1.